The summed E-state index contributed by atoms with van der Waals surface area (Å²) in [6.45, 7) is 3.16. The SMILES string of the molecule is CC(=O)c1sc2nc([S-])n(N)c(=O)c2c1C.[K+]. The first kappa shape index (κ1) is 15.2. The summed E-state index contributed by atoms with van der Waals surface area (Å²) in [5.74, 6) is 5.37. The van der Waals surface area contributed by atoms with Crippen LogP contribution in [-0.2, 0) is 12.6 Å². The Hall–Kier alpha value is 0.166. The molecule has 8 heteroatoms. The average Bonchev–Trinajstić information content (AvgIpc) is 2.52. The third-order valence-corrected chi connectivity index (χ3v) is 3.86. The van der Waals surface area contributed by atoms with Crippen LogP contribution in [0.5, 0.6) is 0 Å². The van der Waals surface area contributed by atoms with E-state index in [1.807, 2.05) is 0 Å². The number of nitrogens with zero attached hydrogens (tertiary/aromatic N) is 2. The molecule has 0 radical (unpaired) electrons. The Balaban J connectivity index is 0.00000144. The van der Waals surface area contributed by atoms with Crippen LogP contribution in [0.15, 0.2) is 9.95 Å². The molecule has 2 aromatic heterocycles. The number of aryl methyl sites for hydroxylation is 1. The number of nitrogen functional groups attached to an aromatic ring is 1. The summed E-state index contributed by atoms with van der Waals surface area (Å²) in [5.41, 5.74) is 0.218. The number of carbonyl (C=O) groups is 1. The molecule has 0 bridgehead atoms. The molecular weight excluding hydrogens is 285 g/mol. The van der Waals surface area contributed by atoms with E-state index >= 15 is 0 Å². The molecule has 0 aliphatic carbocycles. The number of ketones is 1. The molecule has 84 valence electrons. The van der Waals surface area contributed by atoms with Gasteiger partial charge in [-0.05, 0) is 19.4 Å². The fourth-order valence-corrected chi connectivity index (χ4v) is 2.81. The molecule has 0 spiro atoms. The third kappa shape index (κ3) is 2.48. The van der Waals surface area contributed by atoms with Crippen molar-refractivity contribution in [2.45, 2.75) is 19.0 Å². The number of thiophene rings is 1. The first-order valence-corrected chi connectivity index (χ1v) is 5.65. The summed E-state index contributed by atoms with van der Waals surface area (Å²) in [6.07, 6.45) is 0. The molecule has 0 fully saturated rings. The van der Waals surface area contributed by atoms with Crippen LogP contribution in [0.1, 0.15) is 22.2 Å². The molecule has 0 aliphatic heterocycles. The van der Waals surface area contributed by atoms with Gasteiger partial charge in [-0.1, -0.05) is 0 Å². The van der Waals surface area contributed by atoms with Crippen LogP contribution in [0.2, 0.25) is 0 Å². The van der Waals surface area contributed by atoms with Crippen molar-refractivity contribution in [3.05, 3.63) is 20.8 Å². The molecule has 0 unspecified atom stereocenters. The van der Waals surface area contributed by atoms with Gasteiger partial charge in [-0.3, -0.25) is 9.59 Å². The zero-order valence-corrected chi connectivity index (χ0v) is 14.4. The van der Waals surface area contributed by atoms with Crippen molar-refractivity contribution < 1.29 is 56.2 Å². The van der Waals surface area contributed by atoms with E-state index in [1.54, 1.807) is 6.92 Å². The monoisotopic (exact) mass is 293 g/mol. The Bertz CT molecular complexity index is 662. The van der Waals surface area contributed by atoms with E-state index in [1.165, 1.54) is 18.3 Å². The van der Waals surface area contributed by atoms with Crippen LogP contribution in [0.3, 0.4) is 0 Å². The van der Waals surface area contributed by atoms with Gasteiger partial charge in [0.25, 0.3) is 5.56 Å². The smallest absolute Gasteiger partial charge is 0.740 e. The molecule has 5 nitrogen and oxygen atoms in total. The topological polar surface area (TPSA) is 78.0 Å². The molecule has 2 rings (SSSR count). The number of hydrogen-bond donors (Lipinski definition) is 1. The number of hydrogen-bond acceptors (Lipinski definition) is 6. The summed E-state index contributed by atoms with van der Waals surface area (Å²) >= 11 is 6.01. The van der Waals surface area contributed by atoms with Crippen molar-refractivity contribution in [1.82, 2.24) is 9.66 Å². The summed E-state index contributed by atoms with van der Waals surface area (Å²) in [6, 6.07) is 0. The average molecular weight is 293 g/mol. The normalized spacial score (nSPS) is 10.2. The van der Waals surface area contributed by atoms with Crippen molar-refractivity contribution in [2.75, 3.05) is 5.84 Å². The van der Waals surface area contributed by atoms with E-state index in [0.29, 0.717) is 20.7 Å². The second-order valence-corrected chi connectivity index (χ2v) is 4.73. The van der Waals surface area contributed by atoms with E-state index in [-0.39, 0.29) is 62.3 Å². The molecule has 2 N–H and O–H groups in total. The van der Waals surface area contributed by atoms with E-state index < -0.39 is 5.56 Å². The Morgan fingerprint density at radius 1 is 1.53 bits per heavy atom. The molecule has 17 heavy (non-hydrogen) atoms. The van der Waals surface area contributed by atoms with Gasteiger partial charge in [0.2, 0.25) is 0 Å². The van der Waals surface area contributed by atoms with Crippen LogP contribution < -0.4 is 62.8 Å². The van der Waals surface area contributed by atoms with Crippen molar-refractivity contribution in [3.63, 3.8) is 0 Å². The summed E-state index contributed by atoms with van der Waals surface area (Å²) in [5, 5.41) is 0.403. The van der Waals surface area contributed by atoms with Crippen molar-refractivity contribution in [1.29, 1.82) is 0 Å². The number of carbonyl (C=O) groups excluding carboxylic acids is 1. The van der Waals surface area contributed by atoms with E-state index in [4.69, 9.17) is 18.5 Å². The predicted molar refractivity (Wildman–Crippen MR) is 64.4 cm³/mol. The molecule has 2 heterocycles. The van der Waals surface area contributed by atoms with Crippen LogP contribution in [0.4, 0.5) is 0 Å². The molecule has 0 aliphatic rings. The van der Waals surface area contributed by atoms with Gasteiger partial charge >= 0.3 is 51.4 Å². The summed E-state index contributed by atoms with van der Waals surface area (Å²) in [7, 11) is 0. The van der Waals surface area contributed by atoms with Crippen LogP contribution in [0, 0.1) is 6.92 Å². The summed E-state index contributed by atoms with van der Waals surface area (Å²) < 4.78 is 0.821. The fraction of sp³-hybridized carbons (Fsp3) is 0.222. The van der Waals surface area contributed by atoms with E-state index in [0.717, 1.165) is 4.68 Å². The van der Waals surface area contributed by atoms with Crippen LogP contribution in [-0.4, -0.2) is 15.4 Å². The molecule has 0 saturated carbocycles. The Kier molecular flexibility index (Phi) is 4.86. The molecule has 0 atom stereocenters. The van der Waals surface area contributed by atoms with Gasteiger partial charge in [0.05, 0.1) is 10.3 Å². The maximum Gasteiger partial charge on any atom is 1.00 e. The van der Waals surface area contributed by atoms with Gasteiger partial charge < -0.3 is 18.5 Å². The van der Waals surface area contributed by atoms with Gasteiger partial charge in [0, 0.05) is 5.16 Å². The maximum atomic E-state index is 11.8. The number of Topliss-reactive ketones (excluding diaryl/α,β-unsaturated/α-hetero) is 1. The van der Waals surface area contributed by atoms with Gasteiger partial charge in [-0.15, -0.1) is 11.3 Å². The van der Waals surface area contributed by atoms with Gasteiger partial charge in [0.1, 0.15) is 4.83 Å². The first-order chi connectivity index (χ1) is 7.43. The molecule has 0 amide bonds. The second kappa shape index (κ2) is 5.43. The van der Waals surface area contributed by atoms with E-state index in [2.05, 4.69) is 4.98 Å². The fourth-order valence-electron chi connectivity index (χ4n) is 1.51. The van der Waals surface area contributed by atoms with Crippen molar-refractivity contribution in [3.8, 4) is 0 Å². The predicted octanol–water partition coefficient (Wildman–Crippen LogP) is -2.41. The Labute approximate surface area is 149 Å². The molecule has 0 aromatic carbocycles. The Morgan fingerprint density at radius 2 is 2.12 bits per heavy atom. The number of rotatable bonds is 1. The second-order valence-electron chi connectivity index (χ2n) is 3.36. The van der Waals surface area contributed by atoms with Gasteiger partial charge in [-0.2, -0.15) is 0 Å². The number of aromatic nitrogens is 2. The summed E-state index contributed by atoms with van der Waals surface area (Å²) in [4.78, 5) is 28.2. The van der Waals surface area contributed by atoms with Crippen LogP contribution >= 0.6 is 11.3 Å². The largest absolute Gasteiger partial charge is 1.00 e. The van der Waals surface area contributed by atoms with Gasteiger partial charge in [0.15, 0.2) is 5.78 Å². The zero-order chi connectivity index (χ0) is 12.0. The minimum atomic E-state index is -0.406. The van der Waals surface area contributed by atoms with E-state index in [9.17, 15) is 9.59 Å². The number of fused-ring (bicyclic) bond motifs is 1. The quantitative estimate of drug-likeness (QED) is 0.208. The Morgan fingerprint density at radius 3 is 2.65 bits per heavy atom. The van der Waals surface area contributed by atoms with Crippen LogP contribution in [0.25, 0.3) is 10.2 Å². The first-order valence-electron chi connectivity index (χ1n) is 4.42. The number of nitrogens with two attached hydrogens (primary N) is 1. The molecule has 0 saturated heterocycles. The van der Waals surface area contributed by atoms with Crippen molar-refractivity contribution >= 4 is 40.0 Å². The standard InChI is InChI=1S/C9H9N3O2S2.K/c1-3-5-7(16-6(3)4(2)13)11-9(15)12(10)8(5)14;/h10H2,1-2H3,(H,11,15);/q;+1/p-1. The van der Waals surface area contributed by atoms with Crippen molar-refractivity contribution in [2.24, 2.45) is 0 Å². The maximum absolute atomic E-state index is 11.8. The third-order valence-electron chi connectivity index (χ3n) is 2.28. The minimum absolute atomic E-state index is 0. The van der Waals surface area contributed by atoms with Gasteiger partial charge in [-0.25, -0.2) is 9.66 Å². The minimum Gasteiger partial charge on any atom is -0.740 e. The molecule has 2 aromatic rings. The zero-order valence-electron chi connectivity index (χ0n) is 9.60. The molecular formula is C9H8KN3O2S2.